The van der Waals surface area contributed by atoms with Crippen LogP contribution in [0.4, 0.5) is 0 Å². The third-order valence-corrected chi connectivity index (χ3v) is 3.42. The van der Waals surface area contributed by atoms with Crippen molar-refractivity contribution in [3.63, 3.8) is 0 Å². The molecule has 1 aromatic rings. The van der Waals surface area contributed by atoms with Gasteiger partial charge in [-0.2, -0.15) is 0 Å². The molecule has 0 saturated heterocycles. The van der Waals surface area contributed by atoms with Crippen LogP contribution in [0.25, 0.3) is 0 Å². The lowest BCUT2D eigenvalue weighted by atomic mass is 9.64. The molecule has 1 aromatic heterocycles. The molecule has 2 N–H and O–H groups in total. The first-order valence-corrected chi connectivity index (χ1v) is 5.10. The summed E-state index contributed by atoms with van der Waals surface area (Å²) in [7, 11) is 2.13. The Labute approximate surface area is 79.7 Å². The molecule has 72 valence electrons. The number of hydrogen-bond donors (Lipinski definition) is 1. The van der Waals surface area contributed by atoms with E-state index in [1.54, 1.807) is 0 Å². The molecule has 2 nitrogen and oxygen atoms in total. The molecule has 1 saturated carbocycles. The van der Waals surface area contributed by atoms with Crippen LogP contribution >= 0.6 is 0 Å². The quantitative estimate of drug-likeness (QED) is 0.751. The van der Waals surface area contributed by atoms with Gasteiger partial charge < -0.3 is 10.3 Å². The molecule has 2 heteroatoms. The molecule has 0 aliphatic heterocycles. The number of nitrogens with two attached hydrogens (primary N) is 1. The van der Waals surface area contributed by atoms with E-state index in [1.165, 1.54) is 25.0 Å². The number of rotatable bonds is 3. The lowest BCUT2D eigenvalue weighted by Gasteiger charge is -2.42. The van der Waals surface area contributed by atoms with Gasteiger partial charge in [0, 0.05) is 24.4 Å². The lowest BCUT2D eigenvalue weighted by Crippen LogP contribution is -2.37. The summed E-state index contributed by atoms with van der Waals surface area (Å²) < 4.78 is 2.24. The van der Waals surface area contributed by atoms with E-state index in [0.717, 1.165) is 13.0 Å². The Kier molecular flexibility index (Phi) is 2.16. The van der Waals surface area contributed by atoms with Crippen LogP contribution in [-0.2, 0) is 12.5 Å². The van der Waals surface area contributed by atoms with Crippen LogP contribution in [0, 0.1) is 0 Å². The second-order valence-electron chi connectivity index (χ2n) is 4.18. The van der Waals surface area contributed by atoms with Crippen LogP contribution in [0.15, 0.2) is 18.3 Å². The van der Waals surface area contributed by atoms with Crippen LogP contribution in [0.1, 0.15) is 31.4 Å². The van der Waals surface area contributed by atoms with E-state index in [4.69, 9.17) is 5.73 Å². The minimum absolute atomic E-state index is 0.424. The molecule has 0 aromatic carbocycles. The molecule has 1 fully saturated rings. The zero-order valence-corrected chi connectivity index (χ0v) is 8.29. The minimum Gasteiger partial charge on any atom is -0.354 e. The van der Waals surface area contributed by atoms with Crippen molar-refractivity contribution >= 4 is 0 Å². The summed E-state index contributed by atoms with van der Waals surface area (Å²) in [6.45, 7) is 0.811. The molecule has 0 bridgehead atoms. The van der Waals surface area contributed by atoms with Gasteiger partial charge in [0.05, 0.1) is 0 Å². The van der Waals surface area contributed by atoms with Gasteiger partial charge in [-0.15, -0.1) is 0 Å². The van der Waals surface area contributed by atoms with E-state index in [-0.39, 0.29) is 0 Å². The summed E-state index contributed by atoms with van der Waals surface area (Å²) in [6, 6.07) is 4.38. The number of aromatic nitrogens is 1. The van der Waals surface area contributed by atoms with Crippen LogP contribution in [-0.4, -0.2) is 11.1 Å². The summed E-state index contributed by atoms with van der Waals surface area (Å²) in [4.78, 5) is 0. The summed E-state index contributed by atoms with van der Waals surface area (Å²) in [5.41, 5.74) is 7.57. The Hall–Kier alpha value is -0.760. The summed E-state index contributed by atoms with van der Waals surface area (Å²) >= 11 is 0. The Morgan fingerprint density at radius 3 is 2.69 bits per heavy atom. The van der Waals surface area contributed by atoms with E-state index in [0.29, 0.717) is 5.41 Å². The highest BCUT2D eigenvalue weighted by atomic mass is 14.9. The van der Waals surface area contributed by atoms with E-state index in [2.05, 4.69) is 29.9 Å². The van der Waals surface area contributed by atoms with E-state index in [9.17, 15) is 0 Å². The molecule has 0 spiro atoms. The third kappa shape index (κ3) is 1.29. The highest BCUT2D eigenvalue weighted by Crippen LogP contribution is 2.45. The third-order valence-electron chi connectivity index (χ3n) is 3.42. The summed E-state index contributed by atoms with van der Waals surface area (Å²) in [5.74, 6) is 0. The zero-order chi connectivity index (χ0) is 9.31. The van der Waals surface area contributed by atoms with Crippen molar-refractivity contribution in [1.29, 1.82) is 0 Å². The van der Waals surface area contributed by atoms with Gasteiger partial charge in [-0.1, -0.05) is 6.42 Å². The van der Waals surface area contributed by atoms with E-state index < -0.39 is 0 Å². The van der Waals surface area contributed by atoms with E-state index in [1.807, 2.05) is 0 Å². The van der Waals surface area contributed by atoms with Gasteiger partial charge in [0.1, 0.15) is 0 Å². The molecule has 1 heterocycles. The van der Waals surface area contributed by atoms with E-state index >= 15 is 0 Å². The molecule has 1 aliphatic carbocycles. The van der Waals surface area contributed by atoms with Crippen molar-refractivity contribution in [2.24, 2.45) is 12.8 Å². The predicted octanol–water partition coefficient (Wildman–Crippen LogP) is 1.80. The maximum atomic E-state index is 5.67. The fourth-order valence-corrected chi connectivity index (χ4v) is 2.53. The molecule has 13 heavy (non-hydrogen) atoms. The van der Waals surface area contributed by atoms with Gasteiger partial charge >= 0.3 is 0 Å². The number of nitrogens with zero attached hydrogens (tertiary/aromatic N) is 1. The summed E-state index contributed by atoms with van der Waals surface area (Å²) in [6.07, 6.45) is 7.28. The van der Waals surface area contributed by atoms with Crippen molar-refractivity contribution in [3.8, 4) is 0 Å². The second-order valence-corrected chi connectivity index (χ2v) is 4.18. The fourth-order valence-electron chi connectivity index (χ4n) is 2.53. The smallest absolute Gasteiger partial charge is 0.0234 e. The topological polar surface area (TPSA) is 30.9 Å². The number of aryl methyl sites for hydroxylation is 1. The van der Waals surface area contributed by atoms with Gasteiger partial charge in [0.15, 0.2) is 0 Å². The first-order chi connectivity index (χ1) is 6.28. The van der Waals surface area contributed by atoms with Gasteiger partial charge in [-0.05, 0) is 37.9 Å². The Bertz CT molecular complexity index is 284. The molecule has 1 aliphatic rings. The second kappa shape index (κ2) is 3.18. The monoisotopic (exact) mass is 178 g/mol. The Morgan fingerprint density at radius 2 is 2.31 bits per heavy atom. The normalized spacial score (nSPS) is 19.8. The Morgan fingerprint density at radius 1 is 1.54 bits per heavy atom. The van der Waals surface area contributed by atoms with Crippen molar-refractivity contribution in [1.82, 2.24) is 4.57 Å². The first-order valence-electron chi connectivity index (χ1n) is 5.10. The van der Waals surface area contributed by atoms with Gasteiger partial charge in [0.2, 0.25) is 0 Å². The maximum Gasteiger partial charge on any atom is 0.0234 e. The Balaban J connectivity index is 2.26. The standard InChI is InChI=1S/C11H18N2/c1-13-9-2-4-10(13)11(7-8-12)5-3-6-11/h2,4,9H,3,5-8,12H2,1H3. The highest BCUT2D eigenvalue weighted by Gasteiger charge is 2.39. The molecule has 0 unspecified atom stereocenters. The van der Waals surface area contributed by atoms with Crippen molar-refractivity contribution in [2.45, 2.75) is 31.1 Å². The first kappa shape index (κ1) is 8.82. The average molecular weight is 178 g/mol. The van der Waals surface area contributed by atoms with Crippen LogP contribution in [0.5, 0.6) is 0 Å². The summed E-state index contributed by atoms with van der Waals surface area (Å²) in [5, 5.41) is 0. The predicted molar refractivity (Wildman–Crippen MR) is 54.6 cm³/mol. The largest absolute Gasteiger partial charge is 0.354 e. The van der Waals surface area contributed by atoms with Gasteiger partial charge in [-0.3, -0.25) is 0 Å². The molecule has 0 radical (unpaired) electrons. The lowest BCUT2D eigenvalue weighted by molar-refractivity contribution is 0.217. The fraction of sp³-hybridized carbons (Fsp3) is 0.636. The molecule has 0 amide bonds. The van der Waals surface area contributed by atoms with Crippen LogP contribution in [0.3, 0.4) is 0 Å². The maximum absolute atomic E-state index is 5.67. The number of hydrogen-bond acceptors (Lipinski definition) is 1. The van der Waals surface area contributed by atoms with Crippen molar-refractivity contribution < 1.29 is 0 Å². The molecule has 0 atom stereocenters. The van der Waals surface area contributed by atoms with Crippen molar-refractivity contribution in [2.75, 3.05) is 6.54 Å². The zero-order valence-electron chi connectivity index (χ0n) is 8.29. The molecular formula is C11H18N2. The SMILES string of the molecule is Cn1cccc1C1(CCN)CCC1. The van der Waals surface area contributed by atoms with Crippen LogP contribution < -0.4 is 5.73 Å². The average Bonchev–Trinajstić information content (AvgIpc) is 2.44. The van der Waals surface area contributed by atoms with Gasteiger partial charge in [0.25, 0.3) is 0 Å². The molecule has 2 rings (SSSR count). The highest BCUT2D eigenvalue weighted by molar-refractivity contribution is 5.22. The van der Waals surface area contributed by atoms with Gasteiger partial charge in [-0.25, -0.2) is 0 Å². The van der Waals surface area contributed by atoms with Crippen molar-refractivity contribution in [3.05, 3.63) is 24.0 Å². The minimum atomic E-state index is 0.424. The molecular weight excluding hydrogens is 160 g/mol. The van der Waals surface area contributed by atoms with Crippen LogP contribution in [0.2, 0.25) is 0 Å².